The highest BCUT2D eigenvalue weighted by Gasteiger charge is 2.08. The van der Waals surface area contributed by atoms with Gasteiger partial charge in [0.05, 0.1) is 11.4 Å². The second-order valence-electron chi connectivity index (χ2n) is 5.04. The quantitative estimate of drug-likeness (QED) is 0.584. The largest absolute Gasteiger partial charge is 0.289 e. The van der Waals surface area contributed by atoms with E-state index in [-0.39, 0.29) is 5.95 Å². The first kappa shape index (κ1) is 14.8. The highest BCUT2D eigenvalue weighted by Crippen LogP contribution is 2.06. The van der Waals surface area contributed by atoms with Gasteiger partial charge in [-0.15, -0.1) is 20.4 Å². The first-order valence-electron chi connectivity index (χ1n) is 7.10. The van der Waals surface area contributed by atoms with Crippen molar-refractivity contribution in [2.45, 2.75) is 20.8 Å². The van der Waals surface area contributed by atoms with Crippen LogP contribution >= 0.6 is 0 Å². The van der Waals surface area contributed by atoms with Gasteiger partial charge in [0.25, 0.3) is 11.9 Å². The van der Waals surface area contributed by atoms with Crippen LogP contribution in [0.15, 0.2) is 41.5 Å². The van der Waals surface area contributed by atoms with Crippen LogP contribution in [0.4, 0.5) is 5.95 Å². The summed E-state index contributed by atoms with van der Waals surface area (Å²) in [5, 5.41) is 24.5. The van der Waals surface area contributed by atoms with Crippen molar-refractivity contribution in [2.24, 2.45) is 5.10 Å². The monoisotopic (exact) mass is 308 g/mol. The fourth-order valence-electron chi connectivity index (χ4n) is 2.06. The molecule has 0 atom stereocenters. The van der Waals surface area contributed by atoms with E-state index in [1.54, 1.807) is 4.68 Å². The van der Waals surface area contributed by atoms with E-state index in [2.05, 4.69) is 36.0 Å². The fourth-order valence-corrected chi connectivity index (χ4v) is 2.06. The lowest BCUT2D eigenvalue weighted by atomic mass is 10.1. The van der Waals surface area contributed by atoms with Crippen molar-refractivity contribution in [3.05, 3.63) is 53.3 Å². The highest BCUT2D eigenvalue weighted by molar-refractivity contribution is 5.98. The first-order chi connectivity index (χ1) is 11.1. The summed E-state index contributed by atoms with van der Waals surface area (Å²) in [7, 11) is 0. The number of hydrazone groups is 1. The molecule has 0 radical (unpaired) electrons. The van der Waals surface area contributed by atoms with Gasteiger partial charge in [-0.2, -0.15) is 10.2 Å². The molecule has 0 amide bonds. The van der Waals surface area contributed by atoms with Crippen LogP contribution in [0, 0.1) is 13.8 Å². The van der Waals surface area contributed by atoms with Crippen LogP contribution in [-0.2, 0) is 0 Å². The Morgan fingerprint density at radius 1 is 1.04 bits per heavy atom. The van der Waals surface area contributed by atoms with Crippen LogP contribution in [0.5, 0.6) is 0 Å². The minimum atomic E-state index is 0.227. The first-order valence-corrected chi connectivity index (χ1v) is 7.10. The summed E-state index contributed by atoms with van der Waals surface area (Å²) in [4.78, 5) is 0. The minimum absolute atomic E-state index is 0.227. The van der Waals surface area contributed by atoms with Gasteiger partial charge in [-0.25, -0.2) is 10.1 Å². The van der Waals surface area contributed by atoms with E-state index in [0.29, 0.717) is 5.95 Å². The summed E-state index contributed by atoms with van der Waals surface area (Å²) >= 11 is 0. The molecule has 2 heterocycles. The number of hydrogen-bond donors (Lipinski definition) is 1. The molecule has 8 nitrogen and oxygen atoms in total. The average molecular weight is 308 g/mol. The zero-order valence-electron chi connectivity index (χ0n) is 13.1. The number of aryl methyl sites for hydroxylation is 2. The average Bonchev–Trinajstić information content (AvgIpc) is 2.92. The Morgan fingerprint density at radius 2 is 1.74 bits per heavy atom. The van der Waals surface area contributed by atoms with Crippen LogP contribution in [0.2, 0.25) is 0 Å². The molecule has 116 valence electrons. The smallest absolute Gasteiger partial charge is 0.242 e. The van der Waals surface area contributed by atoms with Gasteiger partial charge in [0.2, 0.25) is 0 Å². The summed E-state index contributed by atoms with van der Waals surface area (Å²) in [5.74, 6) is 0.551. The van der Waals surface area contributed by atoms with Crippen molar-refractivity contribution in [1.29, 1.82) is 0 Å². The molecule has 0 bridgehead atoms. The van der Waals surface area contributed by atoms with Crippen LogP contribution in [-0.4, -0.2) is 35.9 Å². The van der Waals surface area contributed by atoms with Gasteiger partial charge < -0.3 is 0 Å². The normalized spacial score (nSPS) is 11.5. The van der Waals surface area contributed by atoms with E-state index < -0.39 is 0 Å². The number of aromatic nitrogens is 6. The van der Waals surface area contributed by atoms with Gasteiger partial charge in [0.1, 0.15) is 0 Å². The van der Waals surface area contributed by atoms with E-state index in [0.717, 1.165) is 22.7 Å². The number of hydrogen-bond acceptors (Lipinski definition) is 7. The zero-order valence-corrected chi connectivity index (χ0v) is 13.1. The third-order valence-electron chi connectivity index (χ3n) is 3.18. The number of rotatable bonds is 4. The Hall–Kier alpha value is -3.16. The molecule has 2 aromatic heterocycles. The van der Waals surface area contributed by atoms with Crippen molar-refractivity contribution in [3.8, 4) is 5.95 Å². The maximum Gasteiger partial charge on any atom is 0.289 e. The van der Waals surface area contributed by atoms with Crippen molar-refractivity contribution < 1.29 is 0 Å². The van der Waals surface area contributed by atoms with Crippen LogP contribution in [0.3, 0.4) is 0 Å². The van der Waals surface area contributed by atoms with Gasteiger partial charge in [-0.1, -0.05) is 30.3 Å². The molecule has 1 aromatic carbocycles. The van der Waals surface area contributed by atoms with Gasteiger partial charge in [-0.05, 0) is 32.4 Å². The molecular weight excluding hydrogens is 292 g/mol. The Morgan fingerprint density at radius 3 is 2.35 bits per heavy atom. The predicted octanol–water partition coefficient (Wildman–Crippen LogP) is 1.91. The zero-order chi connectivity index (χ0) is 16.2. The maximum absolute atomic E-state index is 4.29. The Bertz CT molecular complexity index is 820. The van der Waals surface area contributed by atoms with Crippen molar-refractivity contribution in [1.82, 2.24) is 30.2 Å². The molecule has 3 rings (SSSR count). The summed E-state index contributed by atoms with van der Waals surface area (Å²) < 4.78 is 1.59. The number of anilines is 1. The number of nitrogens with zero attached hydrogens (tertiary/aromatic N) is 7. The molecule has 0 fully saturated rings. The number of nitrogens with one attached hydrogen (secondary N) is 1. The molecule has 23 heavy (non-hydrogen) atoms. The van der Waals surface area contributed by atoms with Gasteiger partial charge in [-0.3, -0.25) is 0 Å². The molecule has 0 aliphatic heterocycles. The third-order valence-corrected chi connectivity index (χ3v) is 3.18. The van der Waals surface area contributed by atoms with Crippen LogP contribution in [0.25, 0.3) is 5.95 Å². The molecule has 1 N–H and O–H groups in total. The second-order valence-corrected chi connectivity index (χ2v) is 5.04. The summed E-state index contributed by atoms with van der Waals surface area (Å²) in [6.07, 6.45) is 0. The second kappa shape index (κ2) is 6.30. The van der Waals surface area contributed by atoms with Crippen LogP contribution in [0.1, 0.15) is 23.9 Å². The summed E-state index contributed by atoms with van der Waals surface area (Å²) in [5.41, 5.74) is 6.39. The van der Waals surface area contributed by atoms with Gasteiger partial charge in [0.15, 0.2) is 0 Å². The molecule has 0 aliphatic carbocycles. The summed E-state index contributed by atoms with van der Waals surface area (Å²) in [6.45, 7) is 5.72. The SMILES string of the molecule is CC(=NNc1nnc(-n2nc(C)cc2C)nn1)c1ccccc1. The third kappa shape index (κ3) is 3.37. The molecule has 0 aliphatic rings. The van der Waals surface area contributed by atoms with Gasteiger partial charge in [0, 0.05) is 5.69 Å². The lowest BCUT2D eigenvalue weighted by Crippen LogP contribution is -2.10. The standard InChI is InChI=1S/C15H16N8/c1-10-9-11(2)23(22-10)15-20-18-14(19-21-15)17-16-12(3)13-7-5-4-6-8-13/h4-9H,1-3H3,(H,17,18,19). The molecule has 0 spiro atoms. The van der Waals surface area contributed by atoms with E-state index in [4.69, 9.17) is 0 Å². The highest BCUT2D eigenvalue weighted by atomic mass is 15.5. The Balaban J connectivity index is 1.74. The Labute approximate surface area is 133 Å². The predicted molar refractivity (Wildman–Crippen MR) is 86.5 cm³/mol. The molecule has 0 saturated heterocycles. The molecule has 0 saturated carbocycles. The van der Waals surface area contributed by atoms with E-state index in [9.17, 15) is 0 Å². The number of benzene rings is 1. The maximum atomic E-state index is 4.29. The minimum Gasteiger partial charge on any atom is -0.242 e. The van der Waals surface area contributed by atoms with E-state index in [1.807, 2.05) is 57.2 Å². The fraction of sp³-hybridized carbons (Fsp3) is 0.200. The molecular formula is C15H16N8. The summed E-state index contributed by atoms with van der Waals surface area (Å²) in [6, 6.07) is 11.8. The van der Waals surface area contributed by atoms with E-state index >= 15 is 0 Å². The lowest BCUT2D eigenvalue weighted by molar-refractivity contribution is 0.711. The van der Waals surface area contributed by atoms with Gasteiger partial charge >= 0.3 is 0 Å². The van der Waals surface area contributed by atoms with Crippen LogP contribution < -0.4 is 5.43 Å². The van der Waals surface area contributed by atoms with Crippen molar-refractivity contribution >= 4 is 11.7 Å². The van der Waals surface area contributed by atoms with E-state index in [1.165, 1.54) is 0 Å². The topological polar surface area (TPSA) is 93.8 Å². The van der Waals surface area contributed by atoms with Crippen molar-refractivity contribution in [3.63, 3.8) is 0 Å². The van der Waals surface area contributed by atoms with Crippen molar-refractivity contribution in [2.75, 3.05) is 5.43 Å². The lowest BCUT2D eigenvalue weighted by Gasteiger charge is -2.03. The Kier molecular flexibility index (Phi) is 4.05. The molecule has 3 aromatic rings. The molecule has 8 heteroatoms. The molecule has 0 unspecified atom stereocenters.